The second kappa shape index (κ2) is 8.34. The monoisotopic (exact) mass is 181 g/mol. The summed E-state index contributed by atoms with van der Waals surface area (Å²) < 4.78 is 0. The fraction of sp³-hybridized carbons (Fsp3) is 0.769. The molecule has 13 heavy (non-hydrogen) atoms. The zero-order valence-electron chi connectivity index (χ0n) is 9.77. The van der Waals surface area contributed by atoms with Crippen LogP contribution in [0, 0.1) is 12.3 Å². The number of hydrogen-bond acceptors (Lipinski definition) is 0. The van der Waals surface area contributed by atoms with Gasteiger partial charge in [-0.05, 0) is 25.7 Å². The van der Waals surface area contributed by atoms with E-state index in [0.717, 1.165) is 5.92 Å². The lowest BCUT2D eigenvalue weighted by molar-refractivity contribution is 0.554. The summed E-state index contributed by atoms with van der Waals surface area (Å²) >= 11 is 0. The van der Waals surface area contributed by atoms with E-state index < -0.39 is 0 Å². The Balaban J connectivity index is 3.38. The second-order valence-corrected chi connectivity index (χ2v) is 4.32. The molecule has 0 radical (unpaired) electrons. The summed E-state index contributed by atoms with van der Waals surface area (Å²) in [4.78, 5) is 0. The van der Waals surface area contributed by atoms with Gasteiger partial charge in [-0.25, -0.2) is 0 Å². The first-order valence-electron chi connectivity index (χ1n) is 5.60. The fourth-order valence-electron chi connectivity index (χ4n) is 1.39. The van der Waals surface area contributed by atoms with Gasteiger partial charge in [-0.1, -0.05) is 38.3 Å². The lowest BCUT2D eigenvalue weighted by Crippen LogP contribution is -1.87. The van der Waals surface area contributed by atoms with Crippen LogP contribution >= 0.6 is 0 Å². The summed E-state index contributed by atoms with van der Waals surface area (Å²) in [6, 6.07) is 0. The van der Waals surface area contributed by atoms with Gasteiger partial charge in [0.2, 0.25) is 0 Å². The van der Waals surface area contributed by atoms with Crippen LogP contribution in [0.15, 0.2) is 11.6 Å². The third-order valence-electron chi connectivity index (χ3n) is 2.30. The molecule has 0 spiro atoms. The smallest absolute Gasteiger partial charge is 0.0323 e. The average Bonchev–Trinajstić information content (AvgIpc) is 2.04. The Kier molecular flexibility index (Phi) is 8.18. The van der Waals surface area contributed by atoms with Gasteiger partial charge in [0.15, 0.2) is 0 Å². The highest BCUT2D eigenvalue weighted by Gasteiger charge is 1.94. The Labute approximate surface area is 84.4 Å². The van der Waals surface area contributed by atoms with Crippen LogP contribution in [0.1, 0.15) is 59.8 Å². The third kappa shape index (κ3) is 9.66. The molecular weight excluding hydrogens is 156 g/mol. The zero-order chi connectivity index (χ0) is 10.1. The van der Waals surface area contributed by atoms with Gasteiger partial charge in [0.25, 0.3) is 0 Å². The molecule has 0 saturated heterocycles. The Bertz CT molecular complexity index is 131. The van der Waals surface area contributed by atoms with Crippen LogP contribution < -0.4 is 0 Å². The molecule has 0 heterocycles. The van der Waals surface area contributed by atoms with Crippen molar-refractivity contribution in [2.24, 2.45) is 5.92 Å². The van der Waals surface area contributed by atoms with E-state index >= 15 is 0 Å². The van der Waals surface area contributed by atoms with Crippen molar-refractivity contribution in [2.45, 2.75) is 59.8 Å². The molecule has 0 aromatic rings. The molecule has 0 aliphatic heterocycles. The molecule has 0 amide bonds. The maximum Gasteiger partial charge on any atom is -0.0323 e. The van der Waals surface area contributed by atoms with Gasteiger partial charge in [0, 0.05) is 0 Å². The zero-order valence-corrected chi connectivity index (χ0v) is 9.77. The molecule has 0 fully saturated rings. The maximum absolute atomic E-state index is 2.39. The largest absolute Gasteiger partial charge is 0.331 e. The van der Waals surface area contributed by atoms with Crippen LogP contribution in [0.5, 0.6) is 0 Å². The Morgan fingerprint density at radius 3 is 2.62 bits per heavy atom. The van der Waals surface area contributed by atoms with E-state index in [1.807, 2.05) is 0 Å². The van der Waals surface area contributed by atoms with Gasteiger partial charge in [0.05, 0.1) is 0 Å². The molecule has 0 aromatic heterocycles. The van der Waals surface area contributed by atoms with Gasteiger partial charge < -0.3 is 6.42 Å². The normalized spacial score (nSPS) is 12.5. The summed E-state index contributed by atoms with van der Waals surface area (Å²) in [5.74, 6) is 0.858. The lowest BCUT2D eigenvalue weighted by Gasteiger charge is -2.05. The molecule has 0 saturated carbocycles. The van der Waals surface area contributed by atoms with Gasteiger partial charge >= 0.3 is 0 Å². The number of rotatable bonds is 7. The average molecular weight is 181 g/mol. The quantitative estimate of drug-likeness (QED) is 0.302. The Hall–Kier alpha value is -0.260. The van der Waals surface area contributed by atoms with Crippen LogP contribution in [-0.2, 0) is 0 Å². The third-order valence-corrected chi connectivity index (χ3v) is 2.30. The van der Waals surface area contributed by atoms with Crippen molar-refractivity contribution >= 4 is 0 Å². The SMILES string of the molecule is C[CH-]CC/C=C(\C)CCCC(C)C. The first kappa shape index (κ1) is 12.7. The van der Waals surface area contributed by atoms with E-state index in [4.69, 9.17) is 0 Å². The van der Waals surface area contributed by atoms with E-state index in [-0.39, 0.29) is 0 Å². The van der Waals surface area contributed by atoms with Crippen LogP contribution in [-0.4, -0.2) is 0 Å². The van der Waals surface area contributed by atoms with Crippen molar-refractivity contribution in [2.75, 3.05) is 0 Å². The fourth-order valence-corrected chi connectivity index (χ4v) is 1.39. The van der Waals surface area contributed by atoms with E-state index in [2.05, 4.69) is 40.2 Å². The lowest BCUT2D eigenvalue weighted by atomic mass is 10.0. The summed E-state index contributed by atoms with van der Waals surface area (Å²) in [7, 11) is 0. The van der Waals surface area contributed by atoms with E-state index in [1.165, 1.54) is 32.1 Å². The highest BCUT2D eigenvalue weighted by molar-refractivity contribution is 4.97. The molecule has 0 aromatic carbocycles. The van der Waals surface area contributed by atoms with Crippen LogP contribution in [0.2, 0.25) is 0 Å². The molecule has 0 atom stereocenters. The molecule has 0 heteroatoms. The second-order valence-electron chi connectivity index (χ2n) is 4.32. The van der Waals surface area contributed by atoms with Gasteiger partial charge in [-0.3, -0.25) is 0 Å². The highest BCUT2D eigenvalue weighted by atomic mass is 14.0. The highest BCUT2D eigenvalue weighted by Crippen LogP contribution is 2.12. The van der Waals surface area contributed by atoms with Crippen molar-refractivity contribution in [3.63, 3.8) is 0 Å². The van der Waals surface area contributed by atoms with Crippen molar-refractivity contribution in [3.05, 3.63) is 18.1 Å². The van der Waals surface area contributed by atoms with Crippen molar-refractivity contribution in [1.82, 2.24) is 0 Å². The Morgan fingerprint density at radius 2 is 2.08 bits per heavy atom. The Morgan fingerprint density at radius 1 is 1.38 bits per heavy atom. The van der Waals surface area contributed by atoms with Crippen LogP contribution in [0.4, 0.5) is 0 Å². The molecule has 0 unspecified atom stereocenters. The number of allylic oxidation sites excluding steroid dienone is 2. The first-order valence-corrected chi connectivity index (χ1v) is 5.60. The molecular formula is C13H25-. The molecule has 78 valence electrons. The summed E-state index contributed by atoms with van der Waals surface area (Å²) in [5.41, 5.74) is 1.57. The van der Waals surface area contributed by atoms with Crippen LogP contribution in [0.3, 0.4) is 0 Å². The molecule has 0 bridgehead atoms. The maximum atomic E-state index is 2.39. The van der Waals surface area contributed by atoms with Gasteiger partial charge in [-0.15, -0.1) is 0 Å². The van der Waals surface area contributed by atoms with Crippen LogP contribution in [0.25, 0.3) is 0 Å². The van der Waals surface area contributed by atoms with Crippen molar-refractivity contribution in [3.8, 4) is 0 Å². The summed E-state index contributed by atoms with van der Waals surface area (Å²) in [5, 5.41) is 0. The predicted molar refractivity (Wildman–Crippen MR) is 61.7 cm³/mol. The van der Waals surface area contributed by atoms with Gasteiger partial charge in [-0.2, -0.15) is 13.3 Å². The predicted octanol–water partition coefficient (Wildman–Crippen LogP) is 4.76. The first-order chi connectivity index (χ1) is 6.16. The van der Waals surface area contributed by atoms with E-state index in [0.29, 0.717) is 0 Å². The van der Waals surface area contributed by atoms with E-state index in [9.17, 15) is 0 Å². The molecule has 0 aliphatic carbocycles. The summed E-state index contributed by atoms with van der Waals surface area (Å²) in [6.07, 6.45) is 11.1. The van der Waals surface area contributed by atoms with Crippen molar-refractivity contribution in [1.29, 1.82) is 0 Å². The molecule has 0 aliphatic rings. The summed E-state index contributed by atoms with van der Waals surface area (Å²) in [6.45, 7) is 8.98. The minimum Gasteiger partial charge on any atom is -0.331 e. The van der Waals surface area contributed by atoms with Gasteiger partial charge in [0.1, 0.15) is 0 Å². The number of hydrogen-bond donors (Lipinski definition) is 0. The minimum absolute atomic E-state index is 0.858. The topological polar surface area (TPSA) is 0 Å². The number of unbranched alkanes of at least 4 members (excludes halogenated alkanes) is 2. The molecule has 0 nitrogen and oxygen atoms in total. The molecule has 0 N–H and O–H groups in total. The van der Waals surface area contributed by atoms with Crippen molar-refractivity contribution < 1.29 is 0 Å². The van der Waals surface area contributed by atoms with E-state index in [1.54, 1.807) is 5.57 Å². The molecule has 0 rings (SSSR count). The standard InChI is InChI=1S/C13H25/c1-5-6-7-10-13(4)11-8-9-12(2)3/h5,10,12H,6-9,11H2,1-4H3/q-1/b13-10+. The minimum atomic E-state index is 0.858.